The second kappa shape index (κ2) is 8.53. The largest absolute Gasteiger partial charge is 0.481 e. The van der Waals surface area contributed by atoms with E-state index < -0.39 is 6.10 Å². The van der Waals surface area contributed by atoms with E-state index in [1.54, 1.807) is 13.0 Å². The quantitative estimate of drug-likeness (QED) is 0.717. The summed E-state index contributed by atoms with van der Waals surface area (Å²) in [6.07, 6.45) is 1.87. The van der Waals surface area contributed by atoms with Crippen LogP contribution in [0.1, 0.15) is 32.3 Å². The predicted octanol–water partition coefficient (Wildman–Crippen LogP) is 2.01. The van der Waals surface area contributed by atoms with Gasteiger partial charge in [-0.25, -0.2) is 4.39 Å². The van der Waals surface area contributed by atoms with Crippen LogP contribution in [0.3, 0.4) is 0 Å². The molecule has 0 aromatic heterocycles. The smallest absolute Gasteiger partial charge is 0.260 e. The predicted molar refractivity (Wildman–Crippen MR) is 77.2 cm³/mol. The number of unbranched alkanes of at least 4 members (excludes halogenated alkanes) is 1. The maximum absolute atomic E-state index is 13.4. The summed E-state index contributed by atoms with van der Waals surface area (Å²) in [4.78, 5) is 11.8. The summed E-state index contributed by atoms with van der Waals surface area (Å²) >= 11 is 0. The van der Waals surface area contributed by atoms with Crippen molar-refractivity contribution in [3.05, 3.63) is 29.6 Å². The number of hydrogen-bond donors (Lipinski definition) is 2. The van der Waals surface area contributed by atoms with Gasteiger partial charge in [0, 0.05) is 12.6 Å². The van der Waals surface area contributed by atoms with Crippen LogP contribution in [-0.2, 0) is 11.2 Å². The minimum absolute atomic E-state index is 0.192. The second-order valence-corrected chi connectivity index (χ2v) is 4.74. The van der Waals surface area contributed by atoms with Gasteiger partial charge in [-0.05, 0) is 44.0 Å². The number of amides is 1. The van der Waals surface area contributed by atoms with E-state index in [-0.39, 0.29) is 11.7 Å². The molecule has 0 spiro atoms. The molecule has 20 heavy (non-hydrogen) atoms. The van der Waals surface area contributed by atoms with Gasteiger partial charge in [-0.2, -0.15) is 0 Å². The summed E-state index contributed by atoms with van der Waals surface area (Å²) < 4.78 is 18.9. The zero-order valence-corrected chi connectivity index (χ0v) is 12.1. The fraction of sp³-hybridized carbons (Fsp3) is 0.533. The molecule has 0 heterocycles. The molecular weight excluding hydrogens is 259 g/mol. The average molecular weight is 282 g/mol. The fourth-order valence-electron chi connectivity index (χ4n) is 1.79. The Morgan fingerprint density at radius 3 is 2.85 bits per heavy atom. The normalized spacial score (nSPS) is 12.0. The Morgan fingerprint density at radius 2 is 2.20 bits per heavy atom. The zero-order chi connectivity index (χ0) is 15.0. The molecule has 1 atom stereocenters. The third-order valence-electron chi connectivity index (χ3n) is 2.88. The molecule has 0 bridgehead atoms. The molecule has 3 N–H and O–H groups in total. The molecule has 112 valence electrons. The van der Waals surface area contributed by atoms with Crippen LogP contribution in [0.25, 0.3) is 0 Å². The number of hydrogen-bond acceptors (Lipinski definition) is 3. The second-order valence-electron chi connectivity index (χ2n) is 4.74. The van der Waals surface area contributed by atoms with Crippen molar-refractivity contribution in [3.63, 3.8) is 0 Å². The molecule has 1 unspecified atom stereocenters. The Bertz CT molecular complexity index is 438. The van der Waals surface area contributed by atoms with Gasteiger partial charge in [0.05, 0.1) is 0 Å². The van der Waals surface area contributed by atoms with Crippen LogP contribution < -0.4 is 15.8 Å². The highest BCUT2D eigenvalue weighted by atomic mass is 19.1. The number of rotatable bonds is 8. The fourth-order valence-corrected chi connectivity index (χ4v) is 1.79. The Kier molecular flexibility index (Phi) is 7.01. The summed E-state index contributed by atoms with van der Waals surface area (Å²) in [7, 11) is 0. The van der Waals surface area contributed by atoms with Gasteiger partial charge in [-0.3, -0.25) is 4.79 Å². The Labute approximate surface area is 119 Å². The van der Waals surface area contributed by atoms with Crippen LogP contribution in [0.2, 0.25) is 0 Å². The van der Waals surface area contributed by atoms with Gasteiger partial charge < -0.3 is 15.8 Å². The van der Waals surface area contributed by atoms with Crippen molar-refractivity contribution in [3.8, 4) is 5.75 Å². The van der Waals surface area contributed by atoms with Crippen LogP contribution in [0, 0.1) is 5.82 Å². The van der Waals surface area contributed by atoms with Crippen molar-refractivity contribution < 1.29 is 13.9 Å². The molecule has 0 radical (unpaired) electrons. The molecule has 1 aromatic carbocycles. The molecule has 0 aliphatic carbocycles. The topological polar surface area (TPSA) is 64.3 Å². The molecule has 0 saturated heterocycles. The highest BCUT2D eigenvalue weighted by molar-refractivity contribution is 5.80. The van der Waals surface area contributed by atoms with Gasteiger partial charge in [0.2, 0.25) is 0 Å². The van der Waals surface area contributed by atoms with Crippen LogP contribution in [0.5, 0.6) is 5.75 Å². The maximum Gasteiger partial charge on any atom is 0.260 e. The molecule has 5 heteroatoms. The van der Waals surface area contributed by atoms with Crippen LogP contribution in [0.15, 0.2) is 18.2 Å². The first-order valence-electron chi connectivity index (χ1n) is 7.00. The molecule has 0 fully saturated rings. The van der Waals surface area contributed by atoms with E-state index in [2.05, 4.69) is 12.2 Å². The van der Waals surface area contributed by atoms with E-state index in [0.29, 0.717) is 25.3 Å². The third kappa shape index (κ3) is 5.57. The van der Waals surface area contributed by atoms with Crippen LogP contribution in [-0.4, -0.2) is 25.1 Å². The van der Waals surface area contributed by atoms with Crippen molar-refractivity contribution in [2.24, 2.45) is 5.73 Å². The number of carbonyl (C=O) groups excluding carboxylic acids is 1. The van der Waals surface area contributed by atoms with Crippen molar-refractivity contribution >= 4 is 5.91 Å². The number of carbonyl (C=O) groups is 1. The van der Waals surface area contributed by atoms with Crippen molar-refractivity contribution in [1.82, 2.24) is 5.32 Å². The number of benzene rings is 1. The minimum Gasteiger partial charge on any atom is -0.481 e. The van der Waals surface area contributed by atoms with Gasteiger partial charge in [0.1, 0.15) is 11.6 Å². The number of nitrogens with two attached hydrogens (primary N) is 1. The lowest BCUT2D eigenvalue weighted by atomic mass is 10.1. The van der Waals surface area contributed by atoms with Crippen LogP contribution >= 0.6 is 0 Å². The van der Waals surface area contributed by atoms with Gasteiger partial charge >= 0.3 is 0 Å². The van der Waals surface area contributed by atoms with E-state index >= 15 is 0 Å². The van der Waals surface area contributed by atoms with E-state index in [4.69, 9.17) is 10.5 Å². The first-order valence-corrected chi connectivity index (χ1v) is 7.00. The van der Waals surface area contributed by atoms with Crippen molar-refractivity contribution in [1.29, 1.82) is 0 Å². The van der Waals surface area contributed by atoms with Crippen molar-refractivity contribution in [2.75, 3.05) is 13.1 Å². The zero-order valence-electron chi connectivity index (χ0n) is 12.1. The summed E-state index contributed by atoms with van der Waals surface area (Å²) in [6, 6.07) is 4.41. The standard InChI is InChI=1S/C15H23FN2O2/c1-3-4-7-18-15(19)11(2)20-14-9-12(5-6-17)8-13(16)10-14/h8-11H,3-7,17H2,1-2H3,(H,18,19). The SMILES string of the molecule is CCCCNC(=O)C(C)Oc1cc(F)cc(CCN)c1. The first-order chi connectivity index (χ1) is 9.56. The highest BCUT2D eigenvalue weighted by Gasteiger charge is 2.14. The summed E-state index contributed by atoms with van der Waals surface area (Å²) in [5, 5.41) is 2.78. The molecule has 1 rings (SSSR count). The lowest BCUT2D eigenvalue weighted by Crippen LogP contribution is -2.36. The Morgan fingerprint density at radius 1 is 1.45 bits per heavy atom. The monoisotopic (exact) mass is 282 g/mol. The average Bonchev–Trinajstić information content (AvgIpc) is 2.38. The summed E-state index contributed by atoms with van der Waals surface area (Å²) in [5.41, 5.74) is 6.22. The lowest BCUT2D eigenvalue weighted by molar-refractivity contribution is -0.127. The molecule has 0 saturated carbocycles. The molecule has 0 aliphatic rings. The Hall–Kier alpha value is -1.62. The molecule has 0 aliphatic heterocycles. The van der Waals surface area contributed by atoms with Gasteiger partial charge in [-0.1, -0.05) is 13.3 Å². The minimum atomic E-state index is -0.653. The first kappa shape index (κ1) is 16.4. The maximum atomic E-state index is 13.4. The van der Waals surface area contributed by atoms with E-state index in [9.17, 15) is 9.18 Å². The van der Waals surface area contributed by atoms with Crippen molar-refractivity contribution in [2.45, 2.75) is 39.2 Å². The summed E-state index contributed by atoms with van der Waals surface area (Å²) in [5.74, 6) is -0.223. The molecular formula is C15H23FN2O2. The van der Waals surface area contributed by atoms with Gasteiger partial charge in [-0.15, -0.1) is 0 Å². The third-order valence-corrected chi connectivity index (χ3v) is 2.88. The lowest BCUT2D eigenvalue weighted by Gasteiger charge is -2.15. The van der Waals surface area contributed by atoms with E-state index in [1.807, 2.05) is 0 Å². The van der Waals surface area contributed by atoms with Gasteiger partial charge in [0.15, 0.2) is 6.10 Å². The molecule has 1 amide bonds. The number of nitrogens with one attached hydrogen (secondary N) is 1. The van der Waals surface area contributed by atoms with Crippen LogP contribution in [0.4, 0.5) is 4.39 Å². The molecule has 1 aromatic rings. The highest BCUT2D eigenvalue weighted by Crippen LogP contribution is 2.18. The Balaban J connectivity index is 2.60. The summed E-state index contributed by atoms with van der Waals surface area (Å²) in [6.45, 7) is 4.77. The number of halogens is 1. The van der Waals surface area contributed by atoms with E-state index in [0.717, 1.165) is 18.4 Å². The van der Waals surface area contributed by atoms with Gasteiger partial charge in [0.25, 0.3) is 5.91 Å². The number of ether oxygens (including phenoxy) is 1. The molecule has 4 nitrogen and oxygen atoms in total. The van der Waals surface area contributed by atoms with E-state index in [1.165, 1.54) is 12.1 Å².